The van der Waals surface area contributed by atoms with Gasteiger partial charge in [0.15, 0.2) is 0 Å². The molecule has 4 rings (SSSR count). The van der Waals surface area contributed by atoms with E-state index < -0.39 is 0 Å². The smallest absolute Gasteiger partial charge is 0.141 e. The summed E-state index contributed by atoms with van der Waals surface area (Å²) in [5.74, 6) is 1.96. The minimum absolute atomic E-state index is 0.355. The highest BCUT2D eigenvalue weighted by Gasteiger charge is 2.28. The standard InChI is InChI=1S/C17H17N3OS/c1-21-13-5-2-4-12(10-13)15-6-3-8-20(15)16-14-7-9-22-17(14)19-11-18-16/h2,4-5,7,9-11,15H,3,6,8H2,1H3. The normalized spacial score (nSPS) is 18.0. The highest BCUT2D eigenvalue weighted by molar-refractivity contribution is 7.16. The average molecular weight is 311 g/mol. The van der Waals surface area contributed by atoms with Gasteiger partial charge in [-0.05, 0) is 42.0 Å². The minimum Gasteiger partial charge on any atom is -0.497 e. The molecular weight excluding hydrogens is 294 g/mol. The number of hydrogen-bond acceptors (Lipinski definition) is 5. The summed E-state index contributed by atoms with van der Waals surface area (Å²) in [6, 6.07) is 10.8. The first kappa shape index (κ1) is 13.5. The summed E-state index contributed by atoms with van der Waals surface area (Å²) in [6.45, 7) is 1.03. The van der Waals surface area contributed by atoms with Crippen LogP contribution in [-0.4, -0.2) is 23.6 Å². The topological polar surface area (TPSA) is 38.2 Å². The van der Waals surface area contributed by atoms with Crippen molar-refractivity contribution >= 4 is 27.4 Å². The van der Waals surface area contributed by atoms with Crippen molar-refractivity contribution in [3.8, 4) is 5.75 Å². The van der Waals surface area contributed by atoms with Gasteiger partial charge in [0.25, 0.3) is 0 Å². The van der Waals surface area contributed by atoms with Crippen LogP contribution >= 0.6 is 11.3 Å². The molecule has 4 nitrogen and oxygen atoms in total. The van der Waals surface area contributed by atoms with E-state index in [2.05, 4.69) is 44.5 Å². The third-order valence-corrected chi connectivity index (χ3v) is 5.06. The quantitative estimate of drug-likeness (QED) is 0.731. The second kappa shape index (κ2) is 5.57. The second-order valence-corrected chi connectivity index (χ2v) is 6.36. The molecule has 1 aromatic carbocycles. The molecule has 3 heterocycles. The van der Waals surface area contributed by atoms with Gasteiger partial charge in [-0.1, -0.05) is 12.1 Å². The fourth-order valence-electron chi connectivity index (χ4n) is 3.22. The van der Waals surface area contributed by atoms with Crippen LogP contribution < -0.4 is 9.64 Å². The molecule has 0 N–H and O–H groups in total. The van der Waals surface area contributed by atoms with Crippen LogP contribution in [0.2, 0.25) is 0 Å². The molecule has 0 radical (unpaired) electrons. The maximum Gasteiger partial charge on any atom is 0.141 e. The summed E-state index contributed by atoms with van der Waals surface area (Å²) in [4.78, 5) is 12.4. The van der Waals surface area contributed by atoms with Crippen LogP contribution in [-0.2, 0) is 0 Å². The Labute approximate surface area is 133 Å². The third kappa shape index (κ3) is 2.22. The first-order valence-electron chi connectivity index (χ1n) is 7.45. The monoisotopic (exact) mass is 311 g/mol. The van der Waals surface area contributed by atoms with E-state index in [9.17, 15) is 0 Å². The Morgan fingerprint density at radius 3 is 3.14 bits per heavy atom. The van der Waals surface area contributed by atoms with Crippen LogP contribution in [0.3, 0.4) is 0 Å². The Kier molecular flexibility index (Phi) is 3.42. The largest absolute Gasteiger partial charge is 0.497 e. The van der Waals surface area contributed by atoms with E-state index in [4.69, 9.17) is 4.74 Å². The molecule has 1 aliphatic rings. The number of rotatable bonds is 3. The molecular formula is C17H17N3OS. The van der Waals surface area contributed by atoms with Crippen molar-refractivity contribution in [1.29, 1.82) is 0 Å². The molecule has 22 heavy (non-hydrogen) atoms. The molecule has 1 fully saturated rings. The predicted molar refractivity (Wildman–Crippen MR) is 89.7 cm³/mol. The van der Waals surface area contributed by atoms with Crippen LogP contribution in [0, 0.1) is 0 Å². The van der Waals surface area contributed by atoms with Gasteiger partial charge in [0.1, 0.15) is 22.7 Å². The highest BCUT2D eigenvalue weighted by Crippen LogP contribution is 2.39. The van der Waals surface area contributed by atoms with E-state index >= 15 is 0 Å². The molecule has 1 atom stereocenters. The van der Waals surface area contributed by atoms with Crippen molar-refractivity contribution in [2.45, 2.75) is 18.9 Å². The Morgan fingerprint density at radius 2 is 2.23 bits per heavy atom. The average Bonchev–Trinajstić information content (AvgIpc) is 3.23. The lowest BCUT2D eigenvalue weighted by molar-refractivity contribution is 0.414. The minimum atomic E-state index is 0.355. The van der Waals surface area contributed by atoms with Gasteiger partial charge in [0.2, 0.25) is 0 Å². The fourth-order valence-corrected chi connectivity index (χ4v) is 3.95. The van der Waals surface area contributed by atoms with Gasteiger partial charge in [-0.2, -0.15) is 0 Å². The predicted octanol–water partition coefficient (Wildman–Crippen LogP) is 4.04. The molecule has 0 aliphatic carbocycles. The number of ether oxygens (including phenoxy) is 1. The summed E-state index contributed by atoms with van der Waals surface area (Å²) in [5.41, 5.74) is 1.29. The van der Waals surface area contributed by atoms with E-state index in [1.54, 1.807) is 24.8 Å². The van der Waals surface area contributed by atoms with Crippen molar-refractivity contribution in [3.63, 3.8) is 0 Å². The second-order valence-electron chi connectivity index (χ2n) is 5.46. The fraction of sp³-hybridized carbons (Fsp3) is 0.294. The maximum atomic E-state index is 5.37. The molecule has 5 heteroatoms. The Morgan fingerprint density at radius 1 is 1.27 bits per heavy atom. The molecule has 112 valence electrons. The zero-order chi connectivity index (χ0) is 14.9. The molecule has 1 unspecified atom stereocenters. The molecule has 0 bridgehead atoms. The molecule has 0 saturated carbocycles. The number of anilines is 1. The third-order valence-electron chi connectivity index (χ3n) is 4.24. The van der Waals surface area contributed by atoms with E-state index in [-0.39, 0.29) is 0 Å². The van der Waals surface area contributed by atoms with Gasteiger partial charge < -0.3 is 9.64 Å². The zero-order valence-corrected chi connectivity index (χ0v) is 13.2. The summed E-state index contributed by atoms with van der Waals surface area (Å²) < 4.78 is 5.37. The van der Waals surface area contributed by atoms with E-state index in [0.29, 0.717) is 6.04 Å². The number of thiophene rings is 1. The van der Waals surface area contributed by atoms with Gasteiger partial charge in [-0.3, -0.25) is 0 Å². The number of fused-ring (bicyclic) bond motifs is 1. The van der Waals surface area contributed by atoms with Gasteiger partial charge in [0.05, 0.1) is 18.5 Å². The summed E-state index contributed by atoms with van der Waals surface area (Å²) in [6.07, 6.45) is 4.00. The van der Waals surface area contributed by atoms with Gasteiger partial charge >= 0.3 is 0 Å². The summed E-state index contributed by atoms with van der Waals surface area (Å²) in [7, 11) is 1.71. The number of hydrogen-bond donors (Lipinski definition) is 0. The number of methoxy groups -OCH3 is 1. The van der Waals surface area contributed by atoms with Gasteiger partial charge in [-0.25, -0.2) is 9.97 Å². The molecule has 0 spiro atoms. The number of nitrogens with zero attached hydrogens (tertiary/aromatic N) is 3. The van der Waals surface area contributed by atoms with Crippen LogP contribution in [0.25, 0.3) is 10.2 Å². The molecule has 3 aromatic rings. The van der Waals surface area contributed by atoms with Crippen molar-refractivity contribution < 1.29 is 4.74 Å². The SMILES string of the molecule is COc1cccc(C2CCCN2c2ncnc3sccc23)c1. The number of aromatic nitrogens is 2. The first-order chi connectivity index (χ1) is 10.9. The van der Waals surface area contributed by atoms with E-state index in [1.807, 2.05) is 6.07 Å². The lowest BCUT2D eigenvalue weighted by Gasteiger charge is -2.26. The number of benzene rings is 1. The van der Waals surface area contributed by atoms with Gasteiger partial charge in [-0.15, -0.1) is 11.3 Å². The Hall–Kier alpha value is -2.14. The van der Waals surface area contributed by atoms with Crippen LogP contribution in [0.1, 0.15) is 24.4 Å². The molecule has 1 aliphatic heterocycles. The van der Waals surface area contributed by atoms with Gasteiger partial charge in [0, 0.05) is 6.54 Å². The maximum absolute atomic E-state index is 5.37. The summed E-state index contributed by atoms with van der Waals surface area (Å²) >= 11 is 1.67. The Bertz CT molecular complexity index is 801. The van der Waals surface area contributed by atoms with Crippen molar-refractivity contribution in [1.82, 2.24) is 9.97 Å². The lowest BCUT2D eigenvalue weighted by Crippen LogP contribution is -2.23. The first-order valence-corrected chi connectivity index (χ1v) is 8.33. The molecule has 2 aromatic heterocycles. The van der Waals surface area contributed by atoms with Crippen molar-refractivity contribution in [3.05, 3.63) is 47.6 Å². The highest BCUT2D eigenvalue weighted by atomic mass is 32.1. The summed E-state index contributed by atoms with van der Waals surface area (Å²) in [5, 5.41) is 3.24. The van der Waals surface area contributed by atoms with Crippen LogP contribution in [0.4, 0.5) is 5.82 Å². The lowest BCUT2D eigenvalue weighted by atomic mass is 10.0. The molecule has 0 amide bonds. The van der Waals surface area contributed by atoms with Crippen molar-refractivity contribution in [2.24, 2.45) is 0 Å². The van der Waals surface area contributed by atoms with Crippen molar-refractivity contribution in [2.75, 3.05) is 18.6 Å². The Balaban J connectivity index is 1.76. The van der Waals surface area contributed by atoms with Crippen LogP contribution in [0.5, 0.6) is 5.75 Å². The van der Waals surface area contributed by atoms with E-state index in [0.717, 1.165) is 34.7 Å². The van der Waals surface area contributed by atoms with Crippen LogP contribution in [0.15, 0.2) is 42.0 Å². The van der Waals surface area contributed by atoms with E-state index in [1.165, 1.54) is 12.0 Å². The zero-order valence-electron chi connectivity index (χ0n) is 12.4. The molecule has 1 saturated heterocycles.